The van der Waals surface area contributed by atoms with Crippen LogP contribution in [0.1, 0.15) is 30.0 Å². The van der Waals surface area contributed by atoms with E-state index in [1.165, 1.54) is 13.2 Å². The number of hydrogen-bond donors (Lipinski definition) is 1. The Hall–Kier alpha value is -2.11. The number of halogens is 2. The second-order valence-corrected chi connectivity index (χ2v) is 6.96. The summed E-state index contributed by atoms with van der Waals surface area (Å²) in [5.74, 6) is -1.45. The van der Waals surface area contributed by atoms with Gasteiger partial charge in [0.25, 0.3) is 0 Å². The summed E-state index contributed by atoms with van der Waals surface area (Å²) in [5, 5.41) is 10.0. The first-order chi connectivity index (χ1) is 12.5. The predicted octanol–water partition coefficient (Wildman–Crippen LogP) is 4.37. The third-order valence-electron chi connectivity index (χ3n) is 4.84. The van der Waals surface area contributed by atoms with Gasteiger partial charge in [-0.2, -0.15) is 0 Å². The summed E-state index contributed by atoms with van der Waals surface area (Å²) in [6.45, 7) is 1.18. The molecule has 0 radical (unpaired) electrons. The minimum Gasteiger partial charge on any atom is -0.494 e. The average Bonchev–Trinajstić information content (AvgIpc) is 2.64. The van der Waals surface area contributed by atoms with Crippen molar-refractivity contribution < 1.29 is 19.0 Å². The molecule has 6 heteroatoms. The molecule has 4 nitrogen and oxygen atoms in total. The maximum atomic E-state index is 14.3. The molecule has 2 aromatic rings. The molecular formula is C20H21ClFNO3. The van der Waals surface area contributed by atoms with Crippen LogP contribution in [0.15, 0.2) is 42.5 Å². The van der Waals surface area contributed by atoms with Crippen LogP contribution in [-0.2, 0) is 4.79 Å². The van der Waals surface area contributed by atoms with Crippen LogP contribution < -0.4 is 4.74 Å². The lowest BCUT2D eigenvalue weighted by atomic mass is 9.91. The number of carboxylic acids is 1. The molecule has 1 N–H and O–H groups in total. The number of nitrogens with zero attached hydrogens (tertiary/aromatic N) is 1. The maximum Gasteiger partial charge on any atom is 0.307 e. The number of aliphatic carboxylic acids is 1. The zero-order chi connectivity index (χ0) is 18.7. The van der Waals surface area contributed by atoms with Crippen molar-refractivity contribution >= 4 is 17.6 Å². The highest BCUT2D eigenvalue weighted by Crippen LogP contribution is 2.34. The van der Waals surface area contributed by atoms with Crippen molar-refractivity contribution in [3.05, 3.63) is 64.4 Å². The lowest BCUT2D eigenvalue weighted by molar-refractivity contribution is -0.143. The first-order valence-electron chi connectivity index (χ1n) is 8.55. The summed E-state index contributed by atoms with van der Waals surface area (Å²) in [4.78, 5) is 13.6. The molecule has 0 aromatic heterocycles. The summed E-state index contributed by atoms with van der Waals surface area (Å²) in [6.07, 6.45) is 1.45. The second kappa shape index (κ2) is 8.06. The van der Waals surface area contributed by atoms with Gasteiger partial charge in [0.15, 0.2) is 11.6 Å². The van der Waals surface area contributed by atoms with Gasteiger partial charge in [-0.3, -0.25) is 9.69 Å². The Morgan fingerprint density at radius 2 is 1.96 bits per heavy atom. The fraction of sp³-hybridized carbons (Fsp3) is 0.350. The first kappa shape index (κ1) is 18.7. The number of hydrogen-bond acceptors (Lipinski definition) is 3. The molecule has 3 rings (SSSR count). The molecule has 26 heavy (non-hydrogen) atoms. The molecule has 0 saturated carbocycles. The monoisotopic (exact) mass is 377 g/mol. The molecule has 1 fully saturated rings. The third kappa shape index (κ3) is 4.00. The van der Waals surface area contributed by atoms with Crippen LogP contribution in [-0.4, -0.2) is 36.2 Å². The molecular weight excluding hydrogens is 357 g/mol. The van der Waals surface area contributed by atoms with Crippen LogP contribution in [0.25, 0.3) is 0 Å². The Kier molecular flexibility index (Phi) is 5.79. The van der Waals surface area contributed by atoms with Gasteiger partial charge in [0.1, 0.15) is 0 Å². The summed E-state index contributed by atoms with van der Waals surface area (Å²) < 4.78 is 19.3. The topological polar surface area (TPSA) is 49.8 Å². The summed E-state index contributed by atoms with van der Waals surface area (Å²) >= 11 is 6.01. The van der Waals surface area contributed by atoms with Crippen molar-refractivity contribution in [3.8, 4) is 5.75 Å². The second-order valence-electron chi connectivity index (χ2n) is 6.52. The Morgan fingerprint density at radius 1 is 1.27 bits per heavy atom. The highest BCUT2D eigenvalue weighted by molar-refractivity contribution is 6.30. The molecule has 0 aliphatic carbocycles. The lowest BCUT2D eigenvalue weighted by Crippen LogP contribution is -2.41. The Bertz CT molecular complexity index is 781. The Labute approximate surface area is 157 Å². The predicted molar refractivity (Wildman–Crippen MR) is 98.2 cm³/mol. The van der Waals surface area contributed by atoms with Gasteiger partial charge in [0.05, 0.1) is 19.1 Å². The van der Waals surface area contributed by atoms with Gasteiger partial charge in [0.2, 0.25) is 0 Å². The van der Waals surface area contributed by atoms with Crippen molar-refractivity contribution in [2.45, 2.75) is 18.9 Å². The average molecular weight is 378 g/mol. The van der Waals surface area contributed by atoms with Crippen molar-refractivity contribution in [1.29, 1.82) is 0 Å². The number of likely N-dealkylation sites (tertiary alicyclic amines) is 1. The SMILES string of the molecule is COc1ccc([C@H](c2ccc(Cl)cc2)N2CCC[C@H](C(=O)O)C2)cc1F. The molecule has 1 aliphatic rings. The minimum absolute atomic E-state index is 0.186. The zero-order valence-corrected chi connectivity index (χ0v) is 15.2. The van der Waals surface area contributed by atoms with Gasteiger partial charge >= 0.3 is 5.97 Å². The van der Waals surface area contributed by atoms with Crippen LogP contribution in [0.5, 0.6) is 5.75 Å². The number of carboxylic acid groups (broad SMARTS) is 1. The number of rotatable bonds is 5. The van der Waals surface area contributed by atoms with E-state index in [-0.39, 0.29) is 11.8 Å². The van der Waals surface area contributed by atoms with E-state index in [0.717, 1.165) is 24.1 Å². The standard InChI is InChI=1S/C20H21ClFNO3/c1-26-18-9-6-14(11-17(18)22)19(13-4-7-16(21)8-5-13)23-10-2-3-15(12-23)20(24)25/h4-9,11,15,19H,2-3,10,12H2,1H3,(H,24,25)/t15-,19-/m0/s1. The molecule has 0 bridgehead atoms. The van der Waals surface area contributed by atoms with E-state index in [1.807, 2.05) is 18.2 Å². The van der Waals surface area contributed by atoms with Crippen LogP contribution in [0.4, 0.5) is 4.39 Å². The number of benzene rings is 2. The van der Waals surface area contributed by atoms with Crippen LogP contribution >= 0.6 is 11.6 Å². The Balaban J connectivity index is 2.00. The van der Waals surface area contributed by atoms with Crippen LogP contribution in [0.2, 0.25) is 5.02 Å². The van der Waals surface area contributed by atoms with Crippen molar-refractivity contribution in [3.63, 3.8) is 0 Å². The summed E-state index contributed by atoms with van der Waals surface area (Å²) in [6, 6.07) is 12.0. The molecule has 0 spiro atoms. The van der Waals surface area contributed by atoms with E-state index in [9.17, 15) is 14.3 Å². The van der Waals surface area contributed by atoms with E-state index in [4.69, 9.17) is 16.3 Å². The highest BCUT2D eigenvalue weighted by Gasteiger charge is 2.31. The van der Waals surface area contributed by atoms with E-state index in [0.29, 0.717) is 18.0 Å². The number of piperidine rings is 1. The highest BCUT2D eigenvalue weighted by atomic mass is 35.5. The van der Waals surface area contributed by atoms with E-state index < -0.39 is 17.7 Å². The molecule has 0 unspecified atom stereocenters. The van der Waals surface area contributed by atoms with Gasteiger partial charge in [0, 0.05) is 11.6 Å². The van der Waals surface area contributed by atoms with Crippen LogP contribution in [0, 0.1) is 11.7 Å². The minimum atomic E-state index is -0.787. The van der Waals surface area contributed by atoms with Crippen molar-refractivity contribution in [1.82, 2.24) is 4.90 Å². The smallest absolute Gasteiger partial charge is 0.307 e. The summed E-state index contributed by atoms with van der Waals surface area (Å²) in [5.41, 5.74) is 1.71. The maximum absolute atomic E-state index is 14.3. The molecule has 1 saturated heterocycles. The van der Waals surface area contributed by atoms with Gasteiger partial charge in [-0.05, 0) is 54.8 Å². The fourth-order valence-corrected chi connectivity index (χ4v) is 3.68. The molecule has 1 heterocycles. The Morgan fingerprint density at radius 3 is 2.58 bits per heavy atom. The van der Waals surface area contributed by atoms with E-state index in [2.05, 4.69) is 4.90 Å². The van der Waals surface area contributed by atoms with Gasteiger partial charge in [-0.1, -0.05) is 29.8 Å². The first-order valence-corrected chi connectivity index (χ1v) is 8.93. The number of carbonyl (C=O) groups is 1. The lowest BCUT2D eigenvalue weighted by Gasteiger charge is -2.37. The molecule has 138 valence electrons. The normalized spacial score (nSPS) is 19.1. The van der Waals surface area contributed by atoms with Gasteiger partial charge < -0.3 is 9.84 Å². The van der Waals surface area contributed by atoms with E-state index >= 15 is 0 Å². The summed E-state index contributed by atoms with van der Waals surface area (Å²) in [7, 11) is 1.43. The molecule has 0 amide bonds. The number of methoxy groups -OCH3 is 1. The van der Waals surface area contributed by atoms with Crippen molar-refractivity contribution in [2.24, 2.45) is 5.92 Å². The molecule has 2 atom stereocenters. The number of ether oxygens (including phenoxy) is 1. The van der Waals surface area contributed by atoms with Crippen LogP contribution in [0.3, 0.4) is 0 Å². The zero-order valence-electron chi connectivity index (χ0n) is 14.5. The van der Waals surface area contributed by atoms with Gasteiger partial charge in [-0.25, -0.2) is 4.39 Å². The fourth-order valence-electron chi connectivity index (χ4n) is 3.55. The molecule has 2 aromatic carbocycles. The van der Waals surface area contributed by atoms with Gasteiger partial charge in [-0.15, -0.1) is 0 Å². The third-order valence-corrected chi connectivity index (χ3v) is 5.10. The quantitative estimate of drug-likeness (QED) is 0.840. The van der Waals surface area contributed by atoms with E-state index in [1.54, 1.807) is 18.2 Å². The molecule has 1 aliphatic heterocycles. The van der Waals surface area contributed by atoms with Crippen molar-refractivity contribution in [2.75, 3.05) is 20.2 Å². The largest absolute Gasteiger partial charge is 0.494 e.